The van der Waals surface area contributed by atoms with Crippen LogP contribution in [-0.2, 0) is 16.1 Å². The Morgan fingerprint density at radius 3 is 2.56 bits per heavy atom. The Labute approximate surface area is 241 Å². The van der Waals surface area contributed by atoms with Crippen LogP contribution < -0.4 is 25.0 Å². The van der Waals surface area contributed by atoms with Crippen LogP contribution in [0.3, 0.4) is 0 Å². The van der Waals surface area contributed by atoms with E-state index in [9.17, 15) is 9.90 Å². The molecule has 1 amide bonds. The van der Waals surface area contributed by atoms with Gasteiger partial charge in [-0.25, -0.2) is 0 Å². The maximum Gasteiger partial charge on any atom is 0.251 e. The molecule has 5 rings (SSSR count). The van der Waals surface area contributed by atoms with Gasteiger partial charge in [0, 0.05) is 51.9 Å². The van der Waals surface area contributed by atoms with Crippen LogP contribution in [0, 0.1) is 0 Å². The number of nitrogens with one attached hydrogen (secondary N) is 2. The summed E-state index contributed by atoms with van der Waals surface area (Å²) in [7, 11) is 3.33. The number of nitrogens with zero attached hydrogens (tertiary/aromatic N) is 1. The lowest BCUT2D eigenvalue weighted by Crippen LogP contribution is -2.49. The van der Waals surface area contributed by atoms with Gasteiger partial charge in [0.15, 0.2) is 0 Å². The first-order valence-electron chi connectivity index (χ1n) is 14.2. The van der Waals surface area contributed by atoms with E-state index in [1.165, 1.54) is 0 Å². The molecule has 218 valence electrons. The molecule has 0 spiro atoms. The molecule has 3 aromatic rings. The number of carbonyl (C=O) groups is 1. The molecule has 0 bridgehead atoms. The average Bonchev–Trinajstić information content (AvgIpc) is 3.01. The summed E-state index contributed by atoms with van der Waals surface area (Å²) in [4.78, 5) is 14.1. The lowest BCUT2D eigenvalue weighted by atomic mass is 9.85. The van der Waals surface area contributed by atoms with E-state index in [1.54, 1.807) is 38.4 Å². The molecule has 3 aromatic carbocycles. The minimum atomic E-state index is -0.578. The second-order valence-electron chi connectivity index (χ2n) is 10.4. The molecule has 1 saturated heterocycles. The minimum Gasteiger partial charge on any atom is -0.490 e. The van der Waals surface area contributed by atoms with E-state index in [4.69, 9.17) is 18.9 Å². The number of anilines is 1. The fourth-order valence-electron chi connectivity index (χ4n) is 5.43. The van der Waals surface area contributed by atoms with Crippen LogP contribution in [0.1, 0.15) is 33.8 Å². The van der Waals surface area contributed by atoms with Crippen molar-refractivity contribution in [1.82, 2.24) is 10.6 Å². The first kappa shape index (κ1) is 28.9. The third-order valence-corrected chi connectivity index (χ3v) is 7.58. The number of amides is 1. The summed E-state index contributed by atoms with van der Waals surface area (Å²) in [5.41, 5.74) is 3.72. The summed E-state index contributed by atoms with van der Waals surface area (Å²) in [6.07, 6.45) is 0.177. The molecule has 3 atom stereocenters. The Kier molecular flexibility index (Phi) is 9.74. The van der Waals surface area contributed by atoms with E-state index in [0.29, 0.717) is 43.4 Å². The molecular formula is C32H39N3O6. The topological polar surface area (TPSA) is 102 Å². The highest BCUT2D eigenvalue weighted by Gasteiger charge is 2.34. The molecule has 2 aliphatic rings. The van der Waals surface area contributed by atoms with Crippen molar-refractivity contribution in [2.45, 2.75) is 31.2 Å². The third-order valence-electron chi connectivity index (χ3n) is 7.58. The zero-order valence-corrected chi connectivity index (χ0v) is 23.7. The molecule has 0 radical (unpaired) electrons. The highest BCUT2D eigenvalue weighted by molar-refractivity contribution is 5.94. The molecule has 1 fully saturated rings. The Bertz CT molecular complexity index is 1280. The fourth-order valence-corrected chi connectivity index (χ4v) is 5.43. The number of hydrogen-bond donors (Lipinski definition) is 3. The van der Waals surface area contributed by atoms with Gasteiger partial charge in [0.25, 0.3) is 5.91 Å². The number of ether oxygens (including phenoxy) is 4. The van der Waals surface area contributed by atoms with Gasteiger partial charge >= 0.3 is 0 Å². The second-order valence-corrected chi connectivity index (χ2v) is 10.4. The van der Waals surface area contributed by atoms with Gasteiger partial charge in [-0.1, -0.05) is 18.2 Å². The van der Waals surface area contributed by atoms with Crippen LogP contribution in [0.2, 0.25) is 0 Å². The SMILES string of the molecule is CNC(=O)c1ccc(Oc2ccc(C3C(O)CNCC3OCc3ccc4c(c3)N(CCCOC)CCO4)cc2)cc1. The second kappa shape index (κ2) is 13.8. The number of methoxy groups -OCH3 is 1. The van der Waals surface area contributed by atoms with Gasteiger partial charge in [0.05, 0.1) is 31.0 Å². The van der Waals surface area contributed by atoms with Crippen LogP contribution >= 0.6 is 0 Å². The van der Waals surface area contributed by atoms with Gasteiger partial charge in [0.2, 0.25) is 0 Å². The smallest absolute Gasteiger partial charge is 0.251 e. The molecule has 0 aliphatic carbocycles. The standard InChI is InChI=1S/C32H39N3O6/c1-33-32(37)24-7-11-26(12-8-24)41-25-9-5-23(6-10-25)31-28(36)19-34-20-30(31)40-21-22-4-13-29-27(18-22)35(15-17-39-29)14-3-16-38-2/h4-13,18,28,30-31,34,36H,3,14-17,19-21H2,1-2H3,(H,33,37). The van der Waals surface area contributed by atoms with E-state index in [0.717, 1.165) is 48.7 Å². The zero-order chi connectivity index (χ0) is 28.6. The molecule has 2 heterocycles. The number of β-amino-alcohol motifs (C(OH)–C–C–N with tert-alkyl or cyclic N) is 1. The van der Waals surface area contributed by atoms with Crippen LogP contribution in [0.4, 0.5) is 5.69 Å². The van der Waals surface area contributed by atoms with Crippen molar-refractivity contribution in [3.05, 3.63) is 83.4 Å². The molecule has 3 unspecified atom stereocenters. The van der Waals surface area contributed by atoms with Gasteiger partial charge in [-0.15, -0.1) is 0 Å². The van der Waals surface area contributed by atoms with E-state index >= 15 is 0 Å². The summed E-state index contributed by atoms with van der Waals surface area (Å²) in [5, 5.41) is 16.8. The van der Waals surface area contributed by atoms with Crippen LogP contribution in [0.25, 0.3) is 0 Å². The predicted octanol–water partition coefficient (Wildman–Crippen LogP) is 3.71. The van der Waals surface area contributed by atoms with Crippen molar-refractivity contribution >= 4 is 11.6 Å². The van der Waals surface area contributed by atoms with Gasteiger partial charge in [0.1, 0.15) is 23.9 Å². The number of fused-ring (bicyclic) bond motifs is 1. The zero-order valence-electron chi connectivity index (χ0n) is 23.7. The quantitative estimate of drug-likeness (QED) is 0.305. The Morgan fingerprint density at radius 2 is 1.83 bits per heavy atom. The first-order chi connectivity index (χ1) is 20.1. The molecular weight excluding hydrogens is 522 g/mol. The van der Waals surface area contributed by atoms with Crippen LogP contribution in [-0.4, -0.2) is 76.8 Å². The van der Waals surface area contributed by atoms with E-state index in [2.05, 4.69) is 21.6 Å². The van der Waals surface area contributed by atoms with Crippen LogP contribution in [0.5, 0.6) is 17.2 Å². The summed E-state index contributed by atoms with van der Waals surface area (Å²) >= 11 is 0. The van der Waals surface area contributed by atoms with Crippen molar-refractivity contribution in [3.8, 4) is 17.2 Å². The Morgan fingerprint density at radius 1 is 1.07 bits per heavy atom. The van der Waals surface area contributed by atoms with E-state index in [1.807, 2.05) is 36.4 Å². The molecule has 3 N–H and O–H groups in total. The predicted molar refractivity (Wildman–Crippen MR) is 157 cm³/mol. The van der Waals surface area contributed by atoms with Crippen molar-refractivity contribution in [2.75, 3.05) is 58.5 Å². The fraction of sp³-hybridized carbons (Fsp3) is 0.406. The summed E-state index contributed by atoms with van der Waals surface area (Å²) < 4.78 is 23.5. The van der Waals surface area contributed by atoms with Gasteiger partial charge in [-0.05, 0) is 66.1 Å². The maximum atomic E-state index is 11.8. The average molecular weight is 562 g/mol. The number of aliphatic hydroxyl groups is 1. The highest BCUT2D eigenvalue weighted by atomic mass is 16.5. The highest BCUT2D eigenvalue weighted by Crippen LogP contribution is 2.34. The number of carbonyl (C=O) groups excluding carboxylic acids is 1. The van der Waals surface area contributed by atoms with E-state index < -0.39 is 6.10 Å². The largest absolute Gasteiger partial charge is 0.490 e. The van der Waals surface area contributed by atoms with Gasteiger partial charge in [-0.2, -0.15) is 0 Å². The molecule has 0 aromatic heterocycles. The summed E-state index contributed by atoms with van der Waals surface area (Å²) in [5.74, 6) is 1.90. The Balaban J connectivity index is 1.23. The van der Waals surface area contributed by atoms with E-state index in [-0.39, 0.29) is 17.9 Å². The van der Waals surface area contributed by atoms with Crippen molar-refractivity contribution in [1.29, 1.82) is 0 Å². The normalized spacial score (nSPS) is 20.2. The number of piperidine rings is 1. The van der Waals surface area contributed by atoms with Gasteiger partial charge < -0.3 is 39.6 Å². The molecule has 9 heteroatoms. The lowest BCUT2D eigenvalue weighted by molar-refractivity contribution is -0.0328. The molecule has 0 saturated carbocycles. The van der Waals surface area contributed by atoms with Crippen molar-refractivity contribution in [2.24, 2.45) is 0 Å². The van der Waals surface area contributed by atoms with Crippen molar-refractivity contribution in [3.63, 3.8) is 0 Å². The number of hydrogen-bond acceptors (Lipinski definition) is 8. The number of rotatable bonds is 11. The first-order valence-corrected chi connectivity index (χ1v) is 14.2. The third kappa shape index (κ3) is 7.18. The maximum absolute atomic E-state index is 11.8. The monoisotopic (exact) mass is 561 g/mol. The number of aliphatic hydroxyl groups excluding tert-OH is 1. The Hall–Kier alpha value is -3.63. The van der Waals surface area contributed by atoms with Crippen molar-refractivity contribution < 1.29 is 28.8 Å². The van der Waals surface area contributed by atoms with Crippen LogP contribution in [0.15, 0.2) is 66.7 Å². The summed E-state index contributed by atoms with van der Waals surface area (Å²) in [6, 6.07) is 21.0. The number of benzene rings is 3. The lowest BCUT2D eigenvalue weighted by Gasteiger charge is -2.36. The summed E-state index contributed by atoms with van der Waals surface area (Å²) in [6.45, 7) is 4.76. The minimum absolute atomic E-state index is 0.140. The molecule has 2 aliphatic heterocycles. The van der Waals surface area contributed by atoms with Gasteiger partial charge in [-0.3, -0.25) is 4.79 Å². The molecule has 9 nitrogen and oxygen atoms in total. The molecule has 41 heavy (non-hydrogen) atoms.